The number of hydrogen-bond donors (Lipinski definition) is 4. The van der Waals surface area contributed by atoms with Gasteiger partial charge >= 0.3 is 0 Å². The van der Waals surface area contributed by atoms with Crippen molar-refractivity contribution >= 4 is 0 Å². The standard InChI is InChI=1S/4C7H8O.Zr/c4*1-6-2-4-7(8)5-3-6;/h4*2-5,8H,1H3;. The number of aryl methyl sites for hydroxylation is 4. The average molecular weight is 524 g/mol. The van der Waals surface area contributed by atoms with Gasteiger partial charge in [-0.05, 0) is 76.2 Å². The van der Waals surface area contributed by atoms with Crippen LogP contribution in [-0.4, -0.2) is 20.4 Å². The predicted octanol–water partition coefficient (Wildman–Crippen LogP) is 6.80. The predicted molar refractivity (Wildman–Crippen MR) is 131 cm³/mol. The zero-order chi connectivity index (χ0) is 23.9. The van der Waals surface area contributed by atoms with E-state index in [-0.39, 0.29) is 26.2 Å². The Labute approximate surface area is 216 Å². The van der Waals surface area contributed by atoms with Crippen LogP contribution in [0.3, 0.4) is 0 Å². The van der Waals surface area contributed by atoms with Crippen LogP contribution in [0, 0.1) is 27.7 Å². The van der Waals surface area contributed by atoms with Gasteiger partial charge < -0.3 is 20.4 Å². The van der Waals surface area contributed by atoms with Crippen LogP contribution in [0.15, 0.2) is 97.1 Å². The van der Waals surface area contributed by atoms with Crippen molar-refractivity contribution in [3.63, 3.8) is 0 Å². The molecule has 0 aliphatic carbocycles. The SMILES string of the molecule is Cc1ccc(O)cc1.Cc1ccc(O)cc1.Cc1ccc(O)cc1.Cc1ccc(O)cc1.[Zr]. The molecule has 4 aromatic rings. The second kappa shape index (κ2) is 16.6. The van der Waals surface area contributed by atoms with Gasteiger partial charge in [-0.25, -0.2) is 0 Å². The summed E-state index contributed by atoms with van der Waals surface area (Å²) in [5.41, 5.74) is 4.68. The third-order valence-corrected chi connectivity index (χ3v) is 4.14. The summed E-state index contributed by atoms with van der Waals surface area (Å²) in [5.74, 6) is 1.32. The summed E-state index contributed by atoms with van der Waals surface area (Å²) in [4.78, 5) is 0. The Morgan fingerprint density at radius 2 is 0.424 bits per heavy atom. The molecule has 0 saturated carbocycles. The molecule has 0 aliphatic rings. The van der Waals surface area contributed by atoms with Gasteiger partial charge in [-0.3, -0.25) is 0 Å². The second-order valence-corrected chi connectivity index (χ2v) is 7.34. The minimum atomic E-state index is 0. The van der Waals surface area contributed by atoms with Crippen LogP contribution in [0.2, 0.25) is 0 Å². The molecular weight excluding hydrogens is 492 g/mol. The van der Waals surface area contributed by atoms with Crippen LogP contribution in [-0.2, 0) is 26.2 Å². The summed E-state index contributed by atoms with van der Waals surface area (Å²) in [6.45, 7) is 7.94. The molecule has 0 heterocycles. The fraction of sp³-hybridized carbons (Fsp3) is 0.143. The quantitative estimate of drug-likeness (QED) is 0.204. The molecule has 0 unspecified atom stereocenters. The average Bonchev–Trinajstić information content (AvgIpc) is 2.78. The summed E-state index contributed by atoms with van der Waals surface area (Å²) in [7, 11) is 0. The first kappa shape index (κ1) is 30.0. The first-order valence-electron chi connectivity index (χ1n) is 10.2. The maximum Gasteiger partial charge on any atom is 0.115 e. The maximum atomic E-state index is 8.76. The molecule has 0 bridgehead atoms. The number of phenols is 4. The van der Waals surface area contributed by atoms with Gasteiger partial charge in [0.1, 0.15) is 23.0 Å². The van der Waals surface area contributed by atoms with Gasteiger partial charge in [0.25, 0.3) is 0 Å². The van der Waals surface area contributed by atoms with E-state index >= 15 is 0 Å². The van der Waals surface area contributed by atoms with Crippen molar-refractivity contribution in [2.45, 2.75) is 27.7 Å². The summed E-state index contributed by atoms with van der Waals surface area (Å²) in [5, 5.41) is 35.0. The third kappa shape index (κ3) is 15.4. The summed E-state index contributed by atoms with van der Waals surface area (Å²) >= 11 is 0. The molecule has 0 radical (unpaired) electrons. The van der Waals surface area contributed by atoms with Crippen molar-refractivity contribution < 1.29 is 46.6 Å². The molecule has 5 heteroatoms. The van der Waals surface area contributed by atoms with Crippen LogP contribution in [0.25, 0.3) is 0 Å². The van der Waals surface area contributed by atoms with Crippen molar-refractivity contribution in [2.75, 3.05) is 0 Å². The Morgan fingerprint density at radius 1 is 0.303 bits per heavy atom. The molecule has 0 spiro atoms. The Bertz CT molecular complexity index is 753. The van der Waals surface area contributed by atoms with Crippen LogP contribution in [0.1, 0.15) is 22.3 Å². The van der Waals surface area contributed by atoms with Gasteiger partial charge in [-0.2, -0.15) is 0 Å². The van der Waals surface area contributed by atoms with Gasteiger partial charge in [0.15, 0.2) is 0 Å². The first-order chi connectivity index (χ1) is 15.2. The zero-order valence-electron chi connectivity index (χ0n) is 19.5. The molecule has 4 nitrogen and oxygen atoms in total. The van der Waals surface area contributed by atoms with E-state index in [1.165, 1.54) is 22.3 Å². The summed E-state index contributed by atoms with van der Waals surface area (Å²) in [6.07, 6.45) is 0. The van der Waals surface area contributed by atoms with E-state index in [2.05, 4.69) is 0 Å². The molecule has 0 aliphatic heterocycles. The van der Waals surface area contributed by atoms with E-state index in [4.69, 9.17) is 20.4 Å². The summed E-state index contributed by atoms with van der Waals surface area (Å²) in [6, 6.07) is 28.4. The van der Waals surface area contributed by atoms with Crippen molar-refractivity contribution in [3.05, 3.63) is 119 Å². The van der Waals surface area contributed by atoms with Crippen molar-refractivity contribution in [3.8, 4) is 23.0 Å². The van der Waals surface area contributed by atoms with Crippen LogP contribution in [0.4, 0.5) is 0 Å². The molecule has 4 rings (SSSR count). The zero-order valence-corrected chi connectivity index (χ0v) is 22.0. The molecule has 0 amide bonds. The van der Waals surface area contributed by atoms with Crippen LogP contribution < -0.4 is 0 Å². The fourth-order valence-electron chi connectivity index (χ4n) is 2.18. The topological polar surface area (TPSA) is 80.9 Å². The fourth-order valence-corrected chi connectivity index (χ4v) is 2.18. The molecule has 0 fully saturated rings. The molecule has 172 valence electrons. The van der Waals surface area contributed by atoms with E-state index in [1.54, 1.807) is 48.5 Å². The molecule has 4 aromatic carbocycles. The van der Waals surface area contributed by atoms with E-state index in [9.17, 15) is 0 Å². The van der Waals surface area contributed by atoms with E-state index < -0.39 is 0 Å². The van der Waals surface area contributed by atoms with Gasteiger partial charge in [0.2, 0.25) is 0 Å². The van der Waals surface area contributed by atoms with E-state index in [0.717, 1.165) is 0 Å². The van der Waals surface area contributed by atoms with Crippen molar-refractivity contribution in [2.24, 2.45) is 0 Å². The Kier molecular flexibility index (Phi) is 15.1. The molecule has 33 heavy (non-hydrogen) atoms. The van der Waals surface area contributed by atoms with Gasteiger partial charge in [0.05, 0.1) is 0 Å². The molecule has 0 aromatic heterocycles. The number of phenolic OH excluding ortho intramolecular Hbond substituents is 4. The molecule has 4 N–H and O–H groups in total. The van der Waals surface area contributed by atoms with Gasteiger partial charge in [0, 0.05) is 26.2 Å². The normalized spacial score (nSPS) is 8.85. The number of rotatable bonds is 0. The van der Waals surface area contributed by atoms with Gasteiger partial charge in [-0.15, -0.1) is 0 Å². The monoisotopic (exact) mass is 522 g/mol. The van der Waals surface area contributed by atoms with Crippen molar-refractivity contribution in [1.29, 1.82) is 0 Å². The smallest absolute Gasteiger partial charge is 0.115 e. The third-order valence-electron chi connectivity index (χ3n) is 4.14. The first-order valence-corrected chi connectivity index (χ1v) is 10.2. The van der Waals surface area contributed by atoms with Gasteiger partial charge in [-0.1, -0.05) is 70.8 Å². The minimum absolute atomic E-state index is 0. The molecular formula is C28H32O4Zr. The maximum absolute atomic E-state index is 8.76. The number of aromatic hydroxyl groups is 4. The Morgan fingerprint density at radius 3 is 0.515 bits per heavy atom. The van der Waals surface area contributed by atoms with Crippen LogP contribution >= 0.6 is 0 Å². The van der Waals surface area contributed by atoms with Crippen molar-refractivity contribution in [1.82, 2.24) is 0 Å². The Balaban J connectivity index is 0.000000410. The van der Waals surface area contributed by atoms with E-state index in [0.29, 0.717) is 23.0 Å². The van der Waals surface area contributed by atoms with Crippen LogP contribution in [0.5, 0.6) is 23.0 Å². The number of benzene rings is 4. The summed E-state index contributed by atoms with van der Waals surface area (Å²) < 4.78 is 0. The molecule has 0 atom stereocenters. The number of hydrogen-bond acceptors (Lipinski definition) is 4. The van der Waals surface area contributed by atoms with E-state index in [1.807, 2.05) is 76.2 Å². The second-order valence-electron chi connectivity index (χ2n) is 7.34. The minimum Gasteiger partial charge on any atom is -0.508 e. The molecule has 0 saturated heterocycles. The largest absolute Gasteiger partial charge is 0.508 e. The Hall–Kier alpha value is -3.04.